The van der Waals surface area contributed by atoms with Crippen LogP contribution in [-0.4, -0.2) is 59.0 Å². The van der Waals surface area contributed by atoms with E-state index in [4.69, 9.17) is 0 Å². The van der Waals surface area contributed by atoms with Crippen LogP contribution in [-0.2, 0) is 40.3 Å². The van der Waals surface area contributed by atoms with Crippen molar-refractivity contribution in [2.45, 2.75) is 33.4 Å². The van der Waals surface area contributed by atoms with Gasteiger partial charge in [-0.25, -0.2) is 31.1 Å². The van der Waals surface area contributed by atoms with E-state index in [1.165, 1.54) is 60.7 Å². The number of carbonyl (C=O) groups is 1. The lowest BCUT2D eigenvalue weighted by Crippen LogP contribution is -2.42. The first kappa shape index (κ1) is 39.7. The van der Waals surface area contributed by atoms with Gasteiger partial charge in [0.2, 0.25) is 0 Å². The molecule has 0 bridgehead atoms. The summed E-state index contributed by atoms with van der Waals surface area (Å²) in [6.07, 6.45) is 0. The van der Waals surface area contributed by atoms with Crippen LogP contribution in [0.15, 0.2) is 117 Å². The molecule has 0 aliphatic heterocycles. The molecule has 0 atom stereocenters. The summed E-state index contributed by atoms with van der Waals surface area (Å²) in [4.78, 5) is 11.0. The number of rotatable bonds is 10. The number of phenols is 2. The van der Waals surface area contributed by atoms with Crippen LogP contribution in [0.1, 0.15) is 11.1 Å². The molecule has 17 nitrogen and oxygen atoms in total. The van der Waals surface area contributed by atoms with Gasteiger partial charge in [-0.15, -0.1) is 0 Å². The summed E-state index contributed by atoms with van der Waals surface area (Å²) in [6, 6.07) is 18.3. The van der Waals surface area contributed by atoms with Gasteiger partial charge in [-0.2, -0.15) is 16.8 Å². The number of hydrogen-bond acceptors (Lipinski definition) is 13. The highest BCUT2D eigenvalue weighted by Gasteiger charge is 2.25. The van der Waals surface area contributed by atoms with Crippen molar-refractivity contribution in [3.8, 4) is 11.5 Å². The second kappa shape index (κ2) is 14.3. The molecule has 0 aliphatic carbocycles. The molecule has 0 unspecified atom stereocenters. The fourth-order valence-corrected chi connectivity index (χ4v) is 9.15. The van der Waals surface area contributed by atoms with Gasteiger partial charge in [-0.1, -0.05) is 36.4 Å². The highest BCUT2D eigenvalue weighted by molar-refractivity contribution is 7.91. The zero-order valence-electron chi connectivity index (χ0n) is 28.8. The number of sulfonamides is 2. The predicted octanol–water partition coefficient (Wildman–Crippen LogP) is 5.38. The van der Waals surface area contributed by atoms with E-state index in [9.17, 15) is 57.8 Å². The van der Waals surface area contributed by atoms with E-state index >= 15 is 0 Å². The largest absolute Gasteiger partial charge is 0.506 e. The minimum atomic E-state index is -4.76. The van der Waals surface area contributed by atoms with Crippen LogP contribution in [0.5, 0.6) is 11.5 Å². The number of nitrogens with one attached hydrogen (secondary N) is 4. The van der Waals surface area contributed by atoms with Crippen LogP contribution in [0, 0.1) is 13.8 Å². The maximum absolute atomic E-state index is 13.3. The summed E-state index contributed by atoms with van der Waals surface area (Å²) < 4.78 is 124. The van der Waals surface area contributed by atoms with Gasteiger partial charge < -0.3 is 20.8 Å². The van der Waals surface area contributed by atoms with E-state index in [2.05, 4.69) is 10.6 Å². The average Bonchev–Trinajstić information content (AvgIpc) is 3.10. The van der Waals surface area contributed by atoms with Crippen molar-refractivity contribution < 1.29 is 57.8 Å². The van der Waals surface area contributed by atoms with Crippen LogP contribution >= 0.6 is 0 Å². The molecule has 21 heteroatoms. The molecule has 8 N–H and O–H groups in total. The van der Waals surface area contributed by atoms with Crippen LogP contribution in [0.2, 0.25) is 0 Å². The minimum absolute atomic E-state index is 0.0343. The highest BCUT2D eigenvalue weighted by Crippen LogP contribution is 2.40. The number of hydrogen-bond donors (Lipinski definition) is 8. The Morgan fingerprint density at radius 2 is 0.875 bits per heavy atom. The van der Waals surface area contributed by atoms with Crippen molar-refractivity contribution in [3.05, 3.63) is 108 Å². The average molecular weight is 843 g/mol. The first-order chi connectivity index (χ1) is 26.1. The number of urea groups is 1. The SMILES string of the molecule is Cc1ccc(S(=O)(=O)NC(=O)NS(=O)(=O)c2ccc(C)c(Nc3c(O)ccc4c(S(=O)(=O)O)cccc34)c2)cc1Nc1c(O)ccc2c(S(=O)(=O)O)cccc12. The zero-order valence-corrected chi connectivity index (χ0v) is 32.1. The molecular formula is C35H30N4O13S4. The fraction of sp³-hybridized carbons (Fsp3) is 0.0571. The predicted molar refractivity (Wildman–Crippen MR) is 206 cm³/mol. The molecule has 0 fully saturated rings. The summed E-state index contributed by atoms with van der Waals surface area (Å²) in [5.41, 5.74) is 0.996. The first-order valence-corrected chi connectivity index (χ1v) is 21.7. The lowest BCUT2D eigenvalue weighted by Gasteiger charge is -2.17. The van der Waals surface area contributed by atoms with Crippen molar-refractivity contribution in [2.75, 3.05) is 10.6 Å². The van der Waals surface area contributed by atoms with Crippen LogP contribution < -0.4 is 20.1 Å². The Morgan fingerprint density at radius 1 is 0.500 bits per heavy atom. The third-order valence-corrected chi connectivity index (χ3v) is 13.0. The number of fused-ring (bicyclic) bond motifs is 2. The topological polar surface area (TPSA) is 283 Å². The molecule has 0 spiro atoms. The Labute approximate surface area is 320 Å². The third-order valence-electron chi connectivity index (χ3n) is 8.57. The second-order valence-electron chi connectivity index (χ2n) is 12.3. The van der Waals surface area contributed by atoms with Gasteiger partial charge in [-0.05, 0) is 85.6 Å². The number of aromatic hydroxyl groups is 2. The van der Waals surface area contributed by atoms with Crippen LogP contribution in [0.25, 0.3) is 21.5 Å². The second-order valence-corrected chi connectivity index (χ2v) is 18.5. The summed E-state index contributed by atoms with van der Waals surface area (Å²) >= 11 is 0. The number of carbonyl (C=O) groups excluding carboxylic acids is 1. The fourth-order valence-electron chi connectivity index (χ4n) is 5.81. The quantitative estimate of drug-likeness (QED) is 0.0635. The molecule has 292 valence electrons. The lowest BCUT2D eigenvalue weighted by atomic mass is 10.1. The molecule has 6 aromatic rings. The van der Waals surface area contributed by atoms with Crippen molar-refractivity contribution in [2.24, 2.45) is 0 Å². The number of anilines is 4. The Kier molecular flexibility index (Phi) is 10.1. The monoisotopic (exact) mass is 842 g/mol. The molecule has 6 aromatic carbocycles. The maximum Gasteiger partial charge on any atom is 0.342 e. The van der Waals surface area contributed by atoms with Gasteiger partial charge in [0.05, 0.1) is 21.2 Å². The van der Waals surface area contributed by atoms with Gasteiger partial charge in [0.1, 0.15) is 21.3 Å². The molecule has 2 amide bonds. The van der Waals surface area contributed by atoms with E-state index in [0.29, 0.717) is 11.1 Å². The zero-order chi connectivity index (χ0) is 41.0. The lowest BCUT2D eigenvalue weighted by molar-refractivity contribution is 0.250. The Hall–Kier alpha value is -5.97. The number of phenolic OH excluding ortho intramolecular Hbond substituents is 2. The van der Waals surface area contributed by atoms with E-state index in [1.54, 1.807) is 23.3 Å². The normalized spacial score (nSPS) is 12.4. The van der Waals surface area contributed by atoms with E-state index in [-0.39, 0.29) is 55.8 Å². The molecule has 0 heterocycles. The van der Waals surface area contributed by atoms with Crippen molar-refractivity contribution in [3.63, 3.8) is 0 Å². The molecule has 56 heavy (non-hydrogen) atoms. The first-order valence-electron chi connectivity index (χ1n) is 15.9. The summed E-state index contributed by atoms with van der Waals surface area (Å²) in [5, 5.41) is 27.4. The van der Waals surface area contributed by atoms with E-state index < -0.39 is 65.9 Å². The van der Waals surface area contributed by atoms with Gasteiger partial charge >= 0.3 is 6.03 Å². The van der Waals surface area contributed by atoms with Gasteiger partial charge in [-0.3, -0.25) is 9.11 Å². The van der Waals surface area contributed by atoms with Gasteiger partial charge in [0, 0.05) is 32.9 Å². The number of aryl methyl sites for hydroxylation is 2. The van der Waals surface area contributed by atoms with Crippen LogP contribution in [0.4, 0.5) is 27.5 Å². The Balaban J connectivity index is 1.24. The maximum atomic E-state index is 13.3. The molecule has 0 aliphatic rings. The van der Waals surface area contributed by atoms with Crippen LogP contribution in [0.3, 0.4) is 0 Å². The minimum Gasteiger partial charge on any atom is -0.506 e. The van der Waals surface area contributed by atoms with E-state index in [0.717, 1.165) is 36.4 Å². The highest BCUT2D eigenvalue weighted by atomic mass is 32.2. The third kappa shape index (κ3) is 7.89. The van der Waals surface area contributed by atoms with Gasteiger partial charge in [0.15, 0.2) is 0 Å². The molecular weight excluding hydrogens is 813 g/mol. The number of amides is 2. The molecule has 0 saturated heterocycles. The Bertz CT molecular complexity index is 2880. The van der Waals surface area contributed by atoms with Crippen molar-refractivity contribution >= 4 is 90.6 Å². The number of benzene rings is 6. The molecule has 6 rings (SSSR count). The van der Waals surface area contributed by atoms with Gasteiger partial charge in [0.25, 0.3) is 40.3 Å². The summed E-state index contributed by atoms with van der Waals surface area (Å²) in [7, 11) is -18.8. The van der Waals surface area contributed by atoms with Crippen molar-refractivity contribution in [1.82, 2.24) is 9.44 Å². The molecule has 0 saturated carbocycles. The van der Waals surface area contributed by atoms with E-state index in [1.807, 2.05) is 0 Å². The van der Waals surface area contributed by atoms with Crippen molar-refractivity contribution in [1.29, 1.82) is 0 Å². The standard InChI is InChI=1S/C35H30N4O13S4/c1-19-9-11-21(17-27(19)36-33-25-5-3-7-31(55(47,48)49)23(25)13-15-29(33)40)53(43,44)38-35(42)39-54(45,46)22-12-10-20(2)28(18-22)37-34-26-6-4-8-32(56(50,51)52)24(26)14-16-30(34)41/h3-18,36-37,40-41H,1-2H3,(H2,38,39,42)(H,47,48,49)(H,50,51,52). The summed E-state index contributed by atoms with van der Waals surface area (Å²) in [5.74, 6) is -0.704. The molecule has 0 radical (unpaired) electrons. The summed E-state index contributed by atoms with van der Waals surface area (Å²) in [6.45, 7) is 3.17. The molecule has 0 aromatic heterocycles. The Morgan fingerprint density at radius 3 is 1.23 bits per heavy atom. The smallest absolute Gasteiger partial charge is 0.342 e.